The standard InChI is InChI=1S/C3H3Cl6OP/c4-1-3(6,7)2(5)11(8,9)10/h2H,1H2. The van der Waals surface area contributed by atoms with Crippen molar-refractivity contribution in [3.05, 3.63) is 0 Å². The summed E-state index contributed by atoms with van der Waals surface area (Å²) < 4.78 is 9.32. The lowest BCUT2D eigenvalue weighted by Gasteiger charge is -2.22. The molecule has 11 heavy (non-hydrogen) atoms. The van der Waals surface area contributed by atoms with Crippen molar-refractivity contribution in [2.45, 2.75) is 9.45 Å². The summed E-state index contributed by atoms with van der Waals surface area (Å²) in [7, 11) is 0. The Balaban J connectivity index is 4.49. The van der Waals surface area contributed by atoms with Crippen LogP contribution in [0.15, 0.2) is 0 Å². The summed E-state index contributed by atoms with van der Waals surface area (Å²) in [6, 6.07) is 0. The Morgan fingerprint density at radius 3 is 1.82 bits per heavy atom. The Hall–Kier alpha value is 1.97. The van der Waals surface area contributed by atoms with Crippen LogP contribution in [-0.2, 0) is 4.57 Å². The molecule has 0 aromatic carbocycles. The van der Waals surface area contributed by atoms with Crippen LogP contribution in [0.5, 0.6) is 0 Å². The maximum absolute atomic E-state index is 10.9. The minimum atomic E-state index is -3.53. The number of hydrogen-bond donors (Lipinski definition) is 0. The molecule has 68 valence electrons. The van der Waals surface area contributed by atoms with Crippen molar-refractivity contribution in [2.75, 3.05) is 5.88 Å². The first-order valence-corrected chi connectivity index (χ1v) is 7.60. The molecule has 0 aromatic heterocycles. The van der Waals surface area contributed by atoms with E-state index in [1.807, 2.05) is 0 Å². The van der Waals surface area contributed by atoms with E-state index in [-0.39, 0.29) is 5.88 Å². The van der Waals surface area contributed by atoms with Gasteiger partial charge in [-0.25, -0.2) is 0 Å². The molecule has 0 aliphatic rings. The van der Waals surface area contributed by atoms with Gasteiger partial charge < -0.3 is 0 Å². The van der Waals surface area contributed by atoms with E-state index in [0.717, 1.165) is 0 Å². The monoisotopic (exact) mass is 296 g/mol. The summed E-state index contributed by atoms with van der Waals surface area (Å²) >= 11 is 32.2. The predicted octanol–water partition coefficient (Wildman–Crippen LogP) is 4.63. The van der Waals surface area contributed by atoms with Crippen LogP contribution < -0.4 is 0 Å². The number of rotatable bonds is 3. The fourth-order valence-electron chi connectivity index (χ4n) is 0.284. The van der Waals surface area contributed by atoms with Crippen LogP contribution in [0.3, 0.4) is 0 Å². The van der Waals surface area contributed by atoms with Gasteiger partial charge in [0.25, 0.3) is 5.85 Å². The molecule has 0 saturated carbocycles. The second kappa shape index (κ2) is 4.46. The second-order valence-corrected chi connectivity index (χ2v) is 9.34. The molecule has 0 heterocycles. The van der Waals surface area contributed by atoms with Crippen molar-refractivity contribution in [3.63, 3.8) is 0 Å². The molecular weight excluding hydrogens is 296 g/mol. The quantitative estimate of drug-likeness (QED) is 0.548. The number of hydrogen-bond acceptors (Lipinski definition) is 1. The van der Waals surface area contributed by atoms with Gasteiger partial charge in [-0.3, -0.25) is 4.57 Å². The lowest BCUT2D eigenvalue weighted by atomic mass is 10.5. The fraction of sp³-hybridized carbons (Fsp3) is 1.00. The van der Waals surface area contributed by atoms with E-state index < -0.39 is 15.3 Å². The molecule has 0 aromatic rings. The summed E-state index contributed by atoms with van der Waals surface area (Å²) in [5.41, 5.74) is 0. The molecular formula is C3H3Cl6OP. The fourth-order valence-corrected chi connectivity index (χ4v) is 3.66. The zero-order valence-corrected chi connectivity index (χ0v) is 10.3. The zero-order chi connectivity index (χ0) is 9.28. The van der Waals surface area contributed by atoms with Gasteiger partial charge in [0.05, 0.1) is 5.88 Å². The average molecular weight is 299 g/mol. The molecule has 0 aliphatic heterocycles. The summed E-state index contributed by atoms with van der Waals surface area (Å²) in [5.74, 6) is -3.73. The van der Waals surface area contributed by atoms with Crippen molar-refractivity contribution in [3.8, 4) is 0 Å². The molecule has 0 spiro atoms. The lowest BCUT2D eigenvalue weighted by Crippen LogP contribution is -2.26. The molecule has 1 atom stereocenters. The number of alkyl halides is 4. The maximum Gasteiger partial charge on any atom is 0.273 e. The highest BCUT2D eigenvalue weighted by atomic mass is 35.9. The van der Waals surface area contributed by atoms with Gasteiger partial charge >= 0.3 is 0 Å². The molecule has 1 nitrogen and oxygen atoms in total. The molecule has 0 saturated heterocycles. The molecule has 0 bridgehead atoms. The van der Waals surface area contributed by atoms with Gasteiger partial charge in [-0.05, 0) is 22.5 Å². The third-order valence-electron chi connectivity index (χ3n) is 0.791. The Kier molecular flexibility index (Phi) is 5.26. The van der Waals surface area contributed by atoms with E-state index in [2.05, 4.69) is 0 Å². The van der Waals surface area contributed by atoms with Crippen LogP contribution in [-0.4, -0.2) is 15.3 Å². The summed E-state index contributed by atoms with van der Waals surface area (Å²) in [6.45, 7) is 0. The van der Waals surface area contributed by atoms with Gasteiger partial charge in [-0.15, -0.1) is 23.2 Å². The van der Waals surface area contributed by atoms with Crippen molar-refractivity contribution in [1.82, 2.24) is 0 Å². The minimum absolute atomic E-state index is 0.201. The highest BCUT2D eigenvalue weighted by Gasteiger charge is 2.43. The lowest BCUT2D eigenvalue weighted by molar-refractivity contribution is 0.589. The largest absolute Gasteiger partial charge is 0.287 e. The SMILES string of the molecule is O=P(Cl)(Cl)C(Cl)C(Cl)(Cl)CCl. The first kappa shape index (κ1) is 13.0. The van der Waals surface area contributed by atoms with Crippen LogP contribution in [0, 0.1) is 0 Å². The third kappa shape index (κ3) is 4.13. The average Bonchev–Trinajstić information content (AvgIpc) is 1.84. The van der Waals surface area contributed by atoms with Gasteiger partial charge in [0.15, 0.2) is 4.33 Å². The van der Waals surface area contributed by atoms with Crippen molar-refractivity contribution < 1.29 is 4.57 Å². The smallest absolute Gasteiger partial charge is 0.273 e. The van der Waals surface area contributed by atoms with Crippen molar-refractivity contribution in [1.29, 1.82) is 0 Å². The topological polar surface area (TPSA) is 17.1 Å². The molecule has 0 N–H and O–H groups in total. The second-order valence-electron chi connectivity index (χ2n) is 1.73. The van der Waals surface area contributed by atoms with Crippen LogP contribution in [0.2, 0.25) is 0 Å². The van der Waals surface area contributed by atoms with E-state index in [9.17, 15) is 4.57 Å². The molecule has 0 radical (unpaired) electrons. The first-order valence-electron chi connectivity index (χ1n) is 2.28. The first-order chi connectivity index (χ1) is 4.72. The number of halogens is 6. The van der Waals surface area contributed by atoms with Gasteiger partial charge in [0.2, 0.25) is 0 Å². The third-order valence-corrected chi connectivity index (χ3v) is 6.65. The van der Waals surface area contributed by atoms with Crippen molar-refractivity contribution in [2.24, 2.45) is 0 Å². The van der Waals surface area contributed by atoms with E-state index in [1.54, 1.807) is 0 Å². The molecule has 8 heteroatoms. The molecule has 0 rings (SSSR count). The molecule has 0 fully saturated rings. The molecule has 0 aliphatic carbocycles. The Labute approximate surface area is 94.2 Å². The minimum Gasteiger partial charge on any atom is -0.287 e. The van der Waals surface area contributed by atoms with Crippen LogP contribution in [0.1, 0.15) is 0 Å². The predicted molar refractivity (Wildman–Crippen MR) is 54.1 cm³/mol. The highest BCUT2D eigenvalue weighted by molar-refractivity contribution is 8.09. The Morgan fingerprint density at radius 1 is 1.36 bits per heavy atom. The molecule has 0 amide bonds. The molecule has 1 unspecified atom stereocenters. The van der Waals surface area contributed by atoms with E-state index in [4.69, 9.17) is 68.9 Å². The van der Waals surface area contributed by atoms with E-state index in [1.165, 1.54) is 0 Å². The van der Waals surface area contributed by atoms with Crippen molar-refractivity contribution >= 4 is 74.7 Å². The van der Waals surface area contributed by atoms with Crippen LogP contribution >= 0.6 is 74.7 Å². The van der Waals surface area contributed by atoms with Gasteiger partial charge in [0.1, 0.15) is 5.12 Å². The van der Waals surface area contributed by atoms with Gasteiger partial charge in [-0.1, -0.05) is 23.2 Å². The highest BCUT2D eigenvalue weighted by Crippen LogP contribution is 2.66. The van der Waals surface area contributed by atoms with Gasteiger partial charge in [-0.2, -0.15) is 0 Å². The summed E-state index contributed by atoms with van der Waals surface area (Å²) in [5, 5.41) is -1.26. The van der Waals surface area contributed by atoms with Crippen LogP contribution in [0.25, 0.3) is 0 Å². The van der Waals surface area contributed by atoms with E-state index in [0.29, 0.717) is 0 Å². The van der Waals surface area contributed by atoms with E-state index >= 15 is 0 Å². The maximum atomic E-state index is 10.9. The summed E-state index contributed by atoms with van der Waals surface area (Å²) in [6.07, 6.45) is 0. The summed E-state index contributed by atoms with van der Waals surface area (Å²) in [4.78, 5) is 0. The Morgan fingerprint density at radius 2 is 1.73 bits per heavy atom. The normalized spacial score (nSPS) is 16.5. The van der Waals surface area contributed by atoms with Crippen LogP contribution in [0.4, 0.5) is 0 Å². The zero-order valence-electron chi connectivity index (χ0n) is 4.91. The Bertz CT molecular complexity index is 175. The van der Waals surface area contributed by atoms with Gasteiger partial charge in [0, 0.05) is 0 Å².